The highest BCUT2D eigenvalue weighted by Crippen LogP contribution is 2.37. The summed E-state index contributed by atoms with van der Waals surface area (Å²) < 4.78 is 16.3. The monoisotopic (exact) mass is 451 g/mol. The highest BCUT2D eigenvalue weighted by molar-refractivity contribution is 6.13. The first-order valence-electron chi connectivity index (χ1n) is 11.3. The van der Waals surface area contributed by atoms with E-state index in [1.54, 1.807) is 42.3 Å². The predicted octanol–water partition coefficient (Wildman–Crippen LogP) is 4.99. The molecule has 0 atom stereocenters. The Kier molecular flexibility index (Phi) is 6.79. The second kappa shape index (κ2) is 9.75. The number of ether oxygens (including phenoxy) is 2. The topological polar surface area (TPSA) is 86.0 Å². The van der Waals surface area contributed by atoms with Gasteiger partial charge >= 0.3 is 5.97 Å². The van der Waals surface area contributed by atoms with Crippen LogP contribution in [0.1, 0.15) is 53.3 Å². The van der Waals surface area contributed by atoms with Gasteiger partial charge in [-0.15, -0.1) is 0 Å². The van der Waals surface area contributed by atoms with Crippen molar-refractivity contribution in [1.29, 1.82) is 0 Å². The molecular weight excluding hydrogens is 422 g/mol. The van der Waals surface area contributed by atoms with Crippen molar-refractivity contribution in [2.24, 2.45) is 11.8 Å². The first-order valence-corrected chi connectivity index (χ1v) is 11.3. The maximum Gasteiger partial charge on any atom is 0.340 e. The van der Waals surface area contributed by atoms with Gasteiger partial charge in [0, 0.05) is 35.9 Å². The van der Waals surface area contributed by atoms with Crippen LogP contribution in [-0.4, -0.2) is 45.5 Å². The molecular formula is C26H29NO6. The maximum atomic E-state index is 13.7. The van der Waals surface area contributed by atoms with Gasteiger partial charge in [0.1, 0.15) is 17.5 Å². The fraction of sp³-hybridized carbons (Fsp3) is 0.423. The smallest absolute Gasteiger partial charge is 0.340 e. The Morgan fingerprint density at radius 3 is 2.45 bits per heavy atom. The van der Waals surface area contributed by atoms with Gasteiger partial charge in [-0.3, -0.25) is 9.59 Å². The molecule has 4 rings (SSSR count). The van der Waals surface area contributed by atoms with Crippen molar-refractivity contribution in [3.63, 3.8) is 0 Å². The third kappa shape index (κ3) is 4.50. The molecule has 1 saturated carbocycles. The van der Waals surface area contributed by atoms with Gasteiger partial charge in [-0.05, 0) is 61.9 Å². The van der Waals surface area contributed by atoms with E-state index >= 15 is 0 Å². The van der Waals surface area contributed by atoms with Crippen molar-refractivity contribution in [1.82, 2.24) is 0 Å². The van der Waals surface area contributed by atoms with Crippen molar-refractivity contribution >= 4 is 45.8 Å². The van der Waals surface area contributed by atoms with Crippen LogP contribution in [-0.2, 0) is 14.3 Å². The Bertz CT molecular complexity index is 1190. The van der Waals surface area contributed by atoms with Gasteiger partial charge in [0.25, 0.3) is 0 Å². The van der Waals surface area contributed by atoms with Crippen molar-refractivity contribution < 1.29 is 28.3 Å². The number of nitrogens with zero attached hydrogens (tertiary/aromatic N) is 1. The quantitative estimate of drug-likeness (QED) is 0.372. The van der Waals surface area contributed by atoms with Crippen molar-refractivity contribution in [3.8, 4) is 0 Å². The van der Waals surface area contributed by atoms with Crippen LogP contribution in [0.5, 0.6) is 0 Å². The third-order valence-electron chi connectivity index (χ3n) is 6.59. The lowest BCUT2D eigenvalue weighted by Crippen LogP contribution is -2.40. The van der Waals surface area contributed by atoms with E-state index in [1.165, 1.54) is 7.11 Å². The number of furan rings is 1. The van der Waals surface area contributed by atoms with Crippen molar-refractivity contribution in [2.45, 2.75) is 32.6 Å². The highest BCUT2D eigenvalue weighted by atomic mass is 16.5. The fourth-order valence-corrected chi connectivity index (χ4v) is 4.66. The second-order valence-corrected chi connectivity index (χ2v) is 8.77. The number of amides is 1. The van der Waals surface area contributed by atoms with Crippen LogP contribution < -0.4 is 4.90 Å². The minimum atomic E-state index is -0.548. The lowest BCUT2D eigenvalue weighted by atomic mass is 9.82. The molecule has 1 amide bonds. The van der Waals surface area contributed by atoms with Crippen molar-refractivity contribution in [2.75, 3.05) is 32.3 Å². The van der Waals surface area contributed by atoms with E-state index in [0.717, 1.165) is 42.7 Å². The molecule has 1 fully saturated rings. The summed E-state index contributed by atoms with van der Waals surface area (Å²) in [6.07, 6.45) is 4.46. The van der Waals surface area contributed by atoms with E-state index in [-0.39, 0.29) is 17.4 Å². The molecule has 0 aliphatic heterocycles. The van der Waals surface area contributed by atoms with Crippen LogP contribution in [0.4, 0.5) is 5.69 Å². The average Bonchev–Trinajstić information content (AvgIpc) is 3.20. The maximum absolute atomic E-state index is 13.7. The Morgan fingerprint density at radius 1 is 1.06 bits per heavy atom. The molecule has 0 N–H and O–H groups in total. The molecule has 2 aromatic carbocycles. The number of fused-ring (bicyclic) bond motifs is 3. The van der Waals surface area contributed by atoms with E-state index < -0.39 is 5.97 Å². The summed E-state index contributed by atoms with van der Waals surface area (Å²) >= 11 is 0. The van der Waals surface area contributed by atoms with Crippen LogP contribution in [0.15, 0.2) is 34.7 Å². The summed E-state index contributed by atoms with van der Waals surface area (Å²) in [5, 5.41) is 1.47. The molecule has 1 aromatic heterocycles. The molecule has 0 radical (unpaired) electrons. The van der Waals surface area contributed by atoms with E-state index in [0.29, 0.717) is 41.5 Å². The van der Waals surface area contributed by atoms with E-state index in [9.17, 15) is 14.4 Å². The van der Waals surface area contributed by atoms with Gasteiger partial charge in [0.2, 0.25) is 5.91 Å². The van der Waals surface area contributed by atoms with E-state index in [4.69, 9.17) is 13.9 Å². The molecule has 33 heavy (non-hydrogen) atoms. The third-order valence-corrected chi connectivity index (χ3v) is 6.59. The number of benzene rings is 2. The summed E-state index contributed by atoms with van der Waals surface area (Å²) in [4.78, 5) is 39.4. The average molecular weight is 452 g/mol. The molecule has 7 heteroatoms. The van der Waals surface area contributed by atoms with Crippen LogP contribution in [0.3, 0.4) is 0 Å². The Hall–Kier alpha value is -3.19. The predicted molar refractivity (Wildman–Crippen MR) is 126 cm³/mol. The Morgan fingerprint density at radius 2 is 1.79 bits per heavy atom. The number of esters is 1. The van der Waals surface area contributed by atoms with Gasteiger partial charge in [-0.1, -0.05) is 6.92 Å². The number of hydrogen-bond acceptors (Lipinski definition) is 6. The summed E-state index contributed by atoms with van der Waals surface area (Å²) in [6, 6.07) is 8.57. The Balaban J connectivity index is 1.87. The van der Waals surface area contributed by atoms with Crippen LogP contribution in [0, 0.1) is 11.8 Å². The first-order chi connectivity index (χ1) is 16.0. The van der Waals surface area contributed by atoms with Crippen LogP contribution >= 0.6 is 0 Å². The lowest BCUT2D eigenvalue weighted by Gasteiger charge is -2.32. The zero-order valence-corrected chi connectivity index (χ0v) is 19.3. The minimum absolute atomic E-state index is 0.00941. The van der Waals surface area contributed by atoms with Crippen LogP contribution in [0.25, 0.3) is 21.9 Å². The molecule has 0 unspecified atom stereocenters. The molecule has 1 heterocycles. The van der Waals surface area contributed by atoms with Gasteiger partial charge in [-0.25, -0.2) is 4.79 Å². The van der Waals surface area contributed by atoms with E-state index in [1.807, 2.05) is 0 Å². The number of hydrogen-bond donors (Lipinski definition) is 0. The SMILES string of the molecule is COCCN(c1cc2c(cc1C(=O)OC)oc1ccc(C=O)cc12)C(=O)[C@H]1CC[C@H](C)CC1. The molecule has 0 spiro atoms. The summed E-state index contributed by atoms with van der Waals surface area (Å²) in [7, 11) is 2.90. The van der Waals surface area contributed by atoms with Gasteiger partial charge < -0.3 is 18.8 Å². The number of methoxy groups -OCH3 is 2. The van der Waals surface area contributed by atoms with Gasteiger partial charge in [-0.2, -0.15) is 0 Å². The number of anilines is 1. The summed E-state index contributed by atoms with van der Waals surface area (Å²) in [5.74, 6) is -0.0342. The number of rotatable bonds is 7. The second-order valence-electron chi connectivity index (χ2n) is 8.77. The summed E-state index contributed by atoms with van der Waals surface area (Å²) in [6.45, 7) is 2.85. The molecule has 0 saturated heterocycles. The fourth-order valence-electron chi connectivity index (χ4n) is 4.66. The number of aldehydes is 1. The summed E-state index contributed by atoms with van der Waals surface area (Å²) in [5.41, 5.74) is 2.33. The van der Waals surface area contributed by atoms with Crippen LogP contribution in [0.2, 0.25) is 0 Å². The molecule has 3 aromatic rings. The number of carbonyl (C=O) groups is 3. The largest absolute Gasteiger partial charge is 0.465 e. The zero-order valence-electron chi connectivity index (χ0n) is 19.3. The molecule has 0 bridgehead atoms. The first kappa shape index (κ1) is 23.0. The zero-order chi connectivity index (χ0) is 23.5. The lowest BCUT2D eigenvalue weighted by molar-refractivity contribution is -0.123. The van der Waals surface area contributed by atoms with Gasteiger partial charge in [0.05, 0.1) is 25.0 Å². The van der Waals surface area contributed by atoms with Gasteiger partial charge in [0.15, 0.2) is 0 Å². The number of carbonyl (C=O) groups excluding carboxylic acids is 3. The highest BCUT2D eigenvalue weighted by Gasteiger charge is 2.31. The standard InChI is InChI=1S/C26H29NO6/c1-16-4-7-18(8-5-16)25(29)27(10-11-31-2)22-13-20-19-12-17(15-28)6-9-23(19)33-24(20)14-21(22)26(30)32-3/h6,9,12-16,18H,4-5,7-8,10-11H2,1-3H3/t16-,18-. The molecule has 7 nitrogen and oxygen atoms in total. The van der Waals surface area contributed by atoms with E-state index in [2.05, 4.69) is 6.92 Å². The molecule has 1 aliphatic rings. The van der Waals surface area contributed by atoms with Crippen molar-refractivity contribution in [3.05, 3.63) is 41.5 Å². The normalized spacial score (nSPS) is 18.4. The Labute approximate surface area is 192 Å². The molecule has 174 valence electrons. The molecule has 1 aliphatic carbocycles. The minimum Gasteiger partial charge on any atom is -0.465 e.